The number of aromatic nitrogens is 1. The summed E-state index contributed by atoms with van der Waals surface area (Å²) >= 11 is 5.99. The lowest BCUT2D eigenvalue weighted by Gasteiger charge is -2.23. The first-order chi connectivity index (χ1) is 17.5. The largest absolute Gasteiger partial charge is 0.493 e. The molecule has 0 N–H and O–H groups in total. The standard InChI is InChI=1S/C28H27ClN2O4S/c1-34-28-19-24(7-12-27(28)35-21-23-5-3-2-4-6-23)20-31(18-15-22-13-16-30-17-14-22)36(32,33)26-10-8-25(29)9-11-26/h2-14,16-17,19H,15,18,20-21H2,1H3. The highest BCUT2D eigenvalue weighted by molar-refractivity contribution is 7.89. The van der Waals surface area contributed by atoms with Gasteiger partial charge in [-0.1, -0.05) is 48.0 Å². The molecule has 0 atom stereocenters. The monoisotopic (exact) mass is 522 g/mol. The van der Waals surface area contributed by atoms with Gasteiger partial charge in [-0.2, -0.15) is 4.31 Å². The molecule has 186 valence electrons. The van der Waals surface area contributed by atoms with E-state index in [1.165, 1.54) is 16.4 Å². The van der Waals surface area contributed by atoms with Gasteiger partial charge in [0.2, 0.25) is 10.0 Å². The molecular weight excluding hydrogens is 496 g/mol. The highest BCUT2D eigenvalue weighted by Crippen LogP contribution is 2.30. The quantitative estimate of drug-likeness (QED) is 0.250. The third-order valence-electron chi connectivity index (χ3n) is 5.67. The molecule has 0 radical (unpaired) electrons. The zero-order valence-electron chi connectivity index (χ0n) is 19.9. The zero-order valence-corrected chi connectivity index (χ0v) is 21.5. The number of benzene rings is 3. The van der Waals surface area contributed by atoms with Crippen LogP contribution in [0.4, 0.5) is 0 Å². The van der Waals surface area contributed by atoms with Crippen LogP contribution in [-0.4, -0.2) is 31.4 Å². The van der Waals surface area contributed by atoms with Crippen LogP contribution in [0.5, 0.6) is 11.5 Å². The molecule has 0 bridgehead atoms. The van der Waals surface area contributed by atoms with Crippen molar-refractivity contribution in [2.45, 2.75) is 24.5 Å². The Bertz CT molecular complexity index is 1370. The first-order valence-electron chi connectivity index (χ1n) is 11.4. The molecule has 6 nitrogen and oxygen atoms in total. The summed E-state index contributed by atoms with van der Waals surface area (Å²) in [7, 11) is -2.21. The summed E-state index contributed by atoms with van der Waals surface area (Å²) in [6, 6.07) is 25.3. The first kappa shape index (κ1) is 25.7. The Balaban J connectivity index is 1.56. The van der Waals surface area contributed by atoms with E-state index in [1.54, 1.807) is 31.6 Å². The highest BCUT2D eigenvalue weighted by Gasteiger charge is 2.25. The summed E-state index contributed by atoms with van der Waals surface area (Å²) in [5, 5.41) is 0.480. The smallest absolute Gasteiger partial charge is 0.243 e. The molecule has 0 saturated carbocycles. The van der Waals surface area contributed by atoms with Gasteiger partial charge in [0.1, 0.15) is 6.61 Å². The Morgan fingerprint density at radius 1 is 0.833 bits per heavy atom. The van der Waals surface area contributed by atoms with Crippen LogP contribution in [0, 0.1) is 0 Å². The van der Waals surface area contributed by atoms with Gasteiger partial charge in [-0.15, -0.1) is 0 Å². The Kier molecular flexibility index (Phi) is 8.59. The molecule has 8 heteroatoms. The van der Waals surface area contributed by atoms with Crippen molar-refractivity contribution in [2.24, 2.45) is 0 Å². The van der Waals surface area contributed by atoms with Crippen LogP contribution >= 0.6 is 11.6 Å². The lowest BCUT2D eigenvalue weighted by Crippen LogP contribution is -2.32. The maximum atomic E-state index is 13.6. The van der Waals surface area contributed by atoms with E-state index >= 15 is 0 Å². The van der Waals surface area contributed by atoms with E-state index in [-0.39, 0.29) is 11.4 Å². The number of methoxy groups -OCH3 is 1. The van der Waals surface area contributed by atoms with Crippen LogP contribution in [-0.2, 0) is 29.6 Å². The molecule has 1 heterocycles. The molecule has 1 aromatic heterocycles. The maximum absolute atomic E-state index is 13.6. The van der Waals surface area contributed by atoms with Gasteiger partial charge in [0.25, 0.3) is 0 Å². The van der Waals surface area contributed by atoms with E-state index in [0.717, 1.165) is 16.7 Å². The van der Waals surface area contributed by atoms with Crippen molar-refractivity contribution in [1.82, 2.24) is 9.29 Å². The minimum atomic E-state index is -3.78. The normalized spacial score (nSPS) is 11.4. The SMILES string of the molecule is COc1cc(CN(CCc2ccncc2)S(=O)(=O)c2ccc(Cl)cc2)ccc1OCc1ccccc1. The second-order valence-electron chi connectivity index (χ2n) is 8.16. The Labute approximate surface area is 217 Å². The van der Waals surface area contributed by atoms with E-state index in [9.17, 15) is 8.42 Å². The summed E-state index contributed by atoms with van der Waals surface area (Å²) in [6.45, 7) is 0.870. The van der Waals surface area contributed by atoms with E-state index in [1.807, 2.05) is 60.7 Å². The van der Waals surface area contributed by atoms with E-state index in [4.69, 9.17) is 21.1 Å². The van der Waals surface area contributed by atoms with E-state index < -0.39 is 10.0 Å². The average molecular weight is 523 g/mol. The van der Waals surface area contributed by atoms with Crippen molar-refractivity contribution in [3.05, 3.63) is 119 Å². The topological polar surface area (TPSA) is 68.7 Å². The molecule has 0 aliphatic heterocycles. The van der Waals surface area contributed by atoms with Gasteiger partial charge in [0.15, 0.2) is 11.5 Å². The van der Waals surface area contributed by atoms with Crippen molar-refractivity contribution in [3.8, 4) is 11.5 Å². The fourth-order valence-corrected chi connectivity index (χ4v) is 5.27. The Hall–Kier alpha value is -3.39. The molecule has 4 rings (SSSR count). The predicted octanol–water partition coefficient (Wildman–Crippen LogP) is 5.76. The van der Waals surface area contributed by atoms with Crippen LogP contribution < -0.4 is 9.47 Å². The fraction of sp³-hybridized carbons (Fsp3) is 0.179. The van der Waals surface area contributed by atoms with Gasteiger partial charge < -0.3 is 9.47 Å². The van der Waals surface area contributed by atoms with E-state index in [2.05, 4.69) is 4.98 Å². The molecule has 4 aromatic rings. The summed E-state index contributed by atoms with van der Waals surface area (Å²) in [5.74, 6) is 1.13. The molecule has 3 aromatic carbocycles. The molecule has 0 fully saturated rings. The lowest BCUT2D eigenvalue weighted by molar-refractivity contribution is 0.284. The molecule has 0 spiro atoms. The molecular formula is C28H27ClN2O4S. The number of hydrogen-bond donors (Lipinski definition) is 0. The molecule has 0 saturated heterocycles. The van der Waals surface area contributed by atoms with Gasteiger partial charge >= 0.3 is 0 Å². The molecule has 0 aliphatic carbocycles. The number of nitrogens with zero attached hydrogens (tertiary/aromatic N) is 2. The number of sulfonamides is 1. The van der Waals surface area contributed by atoms with Gasteiger partial charge in [-0.25, -0.2) is 8.42 Å². The molecule has 0 amide bonds. The third-order valence-corrected chi connectivity index (χ3v) is 7.79. The minimum Gasteiger partial charge on any atom is -0.493 e. The van der Waals surface area contributed by atoms with Gasteiger partial charge in [0, 0.05) is 30.5 Å². The third kappa shape index (κ3) is 6.63. The van der Waals surface area contributed by atoms with Crippen LogP contribution in [0.1, 0.15) is 16.7 Å². The maximum Gasteiger partial charge on any atom is 0.243 e. The summed E-state index contributed by atoms with van der Waals surface area (Å²) in [4.78, 5) is 4.23. The van der Waals surface area contributed by atoms with Crippen molar-refractivity contribution in [2.75, 3.05) is 13.7 Å². The van der Waals surface area contributed by atoms with Crippen LogP contribution in [0.25, 0.3) is 0 Å². The Morgan fingerprint density at radius 2 is 1.56 bits per heavy atom. The van der Waals surface area contributed by atoms with E-state index in [0.29, 0.717) is 36.1 Å². The minimum absolute atomic E-state index is 0.172. The summed E-state index contributed by atoms with van der Waals surface area (Å²) < 4.78 is 40.1. The van der Waals surface area contributed by atoms with Crippen molar-refractivity contribution in [3.63, 3.8) is 0 Å². The number of rotatable bonds is 11. The van der Waals surface area contributed by atoms with Crippen molar-refractivity contribution in [1.29, 1.82) is 0 Å². The Morgan fingerprint density at radius 3 is 2.25 bits per heavy atom. The van der Waals surface area contributed by atoms with Crippen LogP contribution in [0.3, 0.4) is 0 Å². The van der Waals surface area contributed by atoms with Crippen LogP contribution in [0.15, 0.2) is 102 Å². The molecule has 36 heavy (non-hydrogen) atoms. The zero-order chi connectivity index (χ0) is 25.4. The second-order valence-corrected chi connectivity index (χ2v) is 10.5. The first-order valence-corrected chi connectivity index (χ1v) is 13.3. The summed E-state index contributed by atoms with van der Waals surface area (Å²) in [6.07, 6.45) is 3.95. The van der Waals surface area contributed by atoms with Gasteiger partial charge in [-0.05, 0) is 71.6 Å². The fourth-order valence-electron chi connectivity index (χ4n) is 3.71. The van der Waals surface area contributed by atoms with Crippen molar-refractivity contribution < 1.29 is 17.9 Å². The summed E-state index contributed by atoms with van der Waals surface area (Å²) in [5.41, 5.74) is 2.83. The number of pyridine rings is 1. The second kappa shape index (κ2) is 12.0. The number of ether oxygens (including phenoxy) is 2. The van der Waals surface area contributed by atoms with Crippen molar-refractivity contribution >= 4 is 21.6 Å². The molecule has 0 aliphatic rings. The predicted molar refractivity (Wildman–Crippen MR) is 141 cm³/mol. The van der Waals surface area contributed by atoms with Crippen LogP contribution in [0.2, 0.25) is 5.02 Å². The molecule has 0 unspecified atom stereocenters. The number of halogens is 1. The lowest BCUT2D eigenvalue weighted by atomic mass is 10.1. The van der Waals surface area contributed by atoms with Gasteiger partial charge in [0.05, 0.1) is 12.0 Å². The highest BCUT2D eigenvalue weighted by atomic mass is 35.5. The van der Waals surface area contributed by atoms with Gasteiger partial charge in [-0.3, -0.25) is 4.98 Å². The number of hydrogen-bond acceptors (Lipinski definition) is 5. The average Bonchev–Trinajstić information content (AvgIpc) is 2.91.